The molecule has 0 fully saturated rings. The highest BCUT2D eigenvalue weighted by Gasteiger charge is 2.49. The summed E-state index contributed by atoms with van der Waals surface area (Å²) in [6.07, 6.45) is 23.6. The van der Waals surface area contributed by atoms with E-state index in [-0.39, 0.29) is 30.1 Å². The van der Waals surface area contributed by atoms with E-state index < -0.39 is 0 Å². The van der Waals surface area contributed by atoms with Gasteiger partial charge in [0.15, 0.2) is 0 Å². The summed E-state index contributed by atoms with van der Waals surface area (Å²) in [7, 11) is 0. The van der Waals surface area contributed by atoms with E-state index in [4.69, 9.17) is 6.58 Å². The lowest BCUT2D eigenvalue weighted by Crippen LogP contribution is -2.53. The van der Waals surface area contributed by atoms with E-state index in [1.807, 2.05) is 12.2 Å². The Morgan fingerprint density at radius 1 is 0.703 bits per heavy atom. The van der Waals surface area contributed by atoms with Crippen LogP contribution in [0, 0.1) is 27.7 Å². The van der Waals surface area contributed by atoms with Gasteiger partial charge < -0.3 is 19.3 Å². The first kappa shape index (κ1) is 39.8. The van der Waals surface area contributed by atoms with E-state index in [0.717, 1.165) is 12.0 Å². The fourth-order valence-electron chi connectivity index (χ4n) is 11.2. The molecule has 5 unspecified atom stereocenters. The molecule has 64 heavy (non-hydrogen) atoms. The van der Waals surface area contributed by atoms with Crippen molar-refractivity contribution < 1.29 is 0 Å². The number of fused-ring (bicyclic) bond motifs is 9. The molecule has 0 amide bonds. The van der Waals surface area contributed by atoms with Gasteiger partial charge >= 0.3 is 0 Å². The third-order valence-electron chi connectivity index (χ3n) is 14.5. The fourth-order valence-corrected chi connectivity index (χ4v) is 11.2. The monoisotopic (exact) mass is 832 g/mol. The third-order valence-corrected chi connectivity index (χ3v) is 14.5. The summed E-state index contributed by atoms with van der Waals surface area (Å²) in [5, 5.41) is 1.28. The Morgan fingerprint density at radius 3 is 2.19 bits per heavy atom. The van der Waals surface area contributed by atoms with Crippen molar-refractivity contribution in [2.75, 3.05) is 14.7 Å². The lowest BCUT2D eigenvalue weighted by Gasteiger charge is -2.54. The van der Waals surface area contributed by atoms with Crippen molar-refractivity contribution in [3.8, 4) is 0 Å². The Kier molecular flexibility index (Phi) is 9.54. The van der Waals surface area contributed by atoms with Crippen LogP contribution in [0.4, 0.5) is 28.4 Å². The minimum atomic E-state index is 0.0423. The predicted octanol–water partition coefficient (Wildman–Crippen LogP) is 15.1. The fraction of sp³-hybridized carbons (Fsp3) is 0.200. The lowest BCUT2D eigenvalue weighted by molar-refractivity contribution is 0.491. The van der Waals surface area contributed by atoms with Crippen LogP contribution in [0.3, 0.4) is 0 Å². The smallest absolute Gasteiger partial charge is 0.0851 e. The summed E-state index contributed by atoms with van der Waals surface area (Å²) in [4.78, 5) is 7.91. The zero-order chi connectivity index (χ0) is 44.0. The Labute approximate surface area is 379 Å². The van der Waals surface area contributed by atoms with E-state index in [9.17, 15) is 0 Å². The van der Waals surface area contributed by atoms with Crippen LogP contribution in [0.2, 0.25) is 0 Å². The Balaban J connectivity index is 1.09. The number of hydrogen-bond donors (Lipinski definition) is 0. The molecule has 0 saturated carbocycles. The average Bonchev–Trinajstić information content (AvgIpc) is 3.58. The minimum absolute atomic E-state index is 0.0423. The normalized spacial score (nSPS) is 22.6. The molecule has 4 heteroatoms. The van der Waals surface area contributed by atoms with Crippen LogP contribution in [-0.2, 0) is 0 Å². The number of aryl methyl sites for hydroxylation is 4. The number of nitrogens with zero attached hydrogens (tertiary/aromatic N) is 4. The number of para-hydroxylation sites is 1. The minimum Gasteiger partial charge on any atom is -0.356 e. The summed E-state index contributed by atoms with van der Waals surface area (Å²) in [6, 6.07) is 39.4. The second-order valence-corrected chi connectivity index (χ2v) is 18.7. The van der Waals surface area contributed by atoms with Gasteiger partial charge in [0.05, 0.1) is 41.3 Å². The van der Waals surface area contributed by atoms with Gasteiger partial charge in [0.1, 0.15) is 0 Å². The van der Waals surface area contributed by atoms with Gasteiger partial charge in [0, 0.05) is 56.2 Å². The molecular weight excluding hydrogens is 777 g/mol. The first-order valence-corrected chi connectivity index (χ1v) is 22.9. The molecule has 2 aliphatic carbocycles. The standard InChI is InChI=1S/C60H56N4/c1-9-10-11-16-51-58-52(61(44-26-19-37(2)20-27-44)54-33-39(4)17-23-42(54)7)32-30-46-49-36-56-48(35-57(49)64(51)60(46)58)41(6)25-31-53(59-47-14-12-13-15-50(47)63(56)59)62(45-28-21-38(3)22-29-45)55-34-40(5)18-24-43(55)8/h9-33,35-36,52-53,55,58-59H,1,6,34H2,2-5,7-8H3/b11-10-,31-25-,51-16-. The van der Waals surface area contributed by atoms with Crippen LogP contribution in [0.25, 0.3) is 28.2 Å². The molecule has 5 aliphatic rings. The predicted molar refractivity (Wildman–Crippen MR) is 273 cm³/mol. The zero-order valence-electron chi connectivity index (χ0n) is 37.9. The van der Waals surface area contributed by atoms with Crippen molar-refractivity contribution >= 4 is 56.7 Å². The van der Waals surface area contributed by atoms with Crippen molar-refractivity contribution in [3.63, 3.8) is 0 Å². The maximum atomic E-state index is 4.83. The molecule has 5 aromatic carbocycles. The molecule has 0 bridgehead atoms. The highest BCUT2D eigenvalue weighted by molar-refractivity contribution is 6.05. The van der Waals surface area contributed by atoms with E-state index in [1.165, 1.54) is 101 Å². The Bertz CT molecular complexity index is 3110. The largest absolute Gasteiger partial charge is 0.356 e. The molecule has 0 N–H and O–H groups in total. The van der Waals surface area contributed by atoms with Crippen molar-refractivity contribution in [2.45, 2.75) is 78.0 Å². The topological polar surface area (TPSA) is 14.7 Å². The number of aromatic nitrogens is 1. The number of hydrogen-bond acceptors (Lipinski definition) is 3. The average molecular weight is 833 g/mol. The van der Waals surface area contributed by atoms with Crippen LogP contribution >= 0.6 is 0 Å². The summed E-state index contributed by atoms with van der Waals surface area (Å²) >= 11 is 0. The van der Waals surface area contributed by atoms with Gasteiger partial charge in [-0.15, -0.1) is 0 Å². The van der Waals surface area contributed by atoms with Crippen molar-refractivity contribution in [3.05, 3.63) is 227 Å². The number of benzene rings is 5. The maximum Gasteiger partial charge on any atom is 0.0851 e. The van der Waals surface area contributed by atoms with Gasteiger partial charge in [0.25, 0.3) is 0 Å². The van der Waals surface area contributed by atoms with E-state index >= 15 is 0 Å². The summed E-state index contributed by atoms with van der Waals surface area (Å²) in [5.74, 6) is 0.142. The summed E-state index contributed by atoms with van der Waals surface area (Å²) < 4.78 is 2.53. The maximum absolute atomic E-state index is 4.83. The van der Waals surface area contributed by atoms with Crippen molar-refractivity contribution in [1.29, 1.82) is 0 Å². The van der Waals surface area contributed by atoms with Gasteiger partial charge in [-0.05, 0) is 119 Å². The summed E-state index contributed by atoms with van der Waals surface area (Å²) in [5.41, 5.74) is 22.8. The first-order valence-electron chi connectivity index (χ1n) is 22.9. The van der Waals surface area contributed by atoms with E-state index in [0.29, 0.717) is 0 Å². The molecule has 0 radical (unpaired) electrons. The van der Waals surface area contributed by atoms with Gasteiger partial charge in [-0.25, -0.2) is 0 Å². The van der Waals surface area contributed by atoms with Gasteiger partial charge in [-0.3, -0.25) is 0 Å². The van der Waals surface area contributed by atoms with Gasteiger partial charge in [0.2, 0.25) is 0 Å². The lowest BCUT2D eigenvalue weighted by atomic mass is 9.78. The van der Waals surface area contributed by atoms with Crippen LogP contribution in [0.15, 0.2) is 182 Å². The molecule has 11 rings (SSSR count). The Morgan fingerprint density at radius 2 is 1.42 bits per heavy atom. The highest BCUT2D eigenvalue weighted by atomic mass is 15.3. The van der Waals surface area contributed by atoms with Crippen LogP contribution in [-0.4, -0.2) is 22.7 Å². The molecular formula is C60H56N4. The van der Waals surface area contributed by atoms with Gasteiger partial charge in [-0.1, -0.05) is 145 Å². The first-order chi connectivity index (χ1) is 31.1. The second kappa shape index (κ2) is 15.3. The van der Waals surface area contributed by atoms with Crippen LogP contribution in [0.1, 0.15) is 76.9 Å². The van der Waals surface area contributed by atoms with Crippen LogP contribution in [0.5, 0.6) is 0 Å². The van der Waals surface area contributed by atoms with E-state index in [2.05, 4.69) is 219 Å². The molecule has 0 saturated heterocycles. The SMILES string of the molecule is C=C/C=C\C=C1\C2c3c(c4cc5c(cc4n31)C(=C)/C=C\C(N(c1ccc(C)cc1)C1CC(C)=CC=C1C)C1c3ccccc3N51)C=CC2N(c1ccc(C)cc1)c1cc(C)ccc1C. The third kappa shape index (κ3) is 6.18. The van der Waals surface area contributed by atoms with Crippen molar-refractivity contribution in [1.82, 2.24) is 4.57 Å². The Hall–Kier alpha value is -7.04. The summed E-state index contributed by atoms with van der Waals surface area (Å²) in [6.45, 7) is 22.2. The number of anilines is 5. The number of allylic oxidation sites excluding steroid dienone is 8. The molecule has 4 heterocycles. The molecule has 0 spiro atoms. The van der Waals surface area contributed by atoms with Gasteiger partial charge in [-0.2, -0.15) is 0 Å². The molecule has 316 valence electrons. The highest BCUT2D eigenvalue weighted by Crippen LogP contribution is 2.59. The molecule has 5 atom stereocenters. The van der Waals surface area contributed by atoms with Crippen molar-refractivity contribution in [2.24, 2.45) is 0 Å². The molecule has 3 aliphatic heterocycles. The quantitative estimate of drug-likeness (QED) is 0.142. The molecule has 6 aromatic rings. The van der Waals surface area contributed by atoms with Crippen LogP contribution < -0.4 is 14.7 Å². The second-order valence-electron chi connectivity index (χ2n) is 18.7. The molecule has 4 nitrogen and oxygen atoms in total. The molecule has 1 aromatic heterocycles. The number of rotatable bonds is 8. The van der Waals surface area contributed by atoms with E-state index in [1.54, 1.807) is 0 Å². The zero-order valence-corrected chi connectivity index (χ0v) is 37.9.